The van der Waals surface area contributed by atoms with Crippen LogP contribution in [-0.4, -0.2) is 38.2 Å². The van der Waals surface area contributed by atoms with Crippen LogP contribution in [0.2, 0.25) is 0 Å². The third-order valence-corrected chi connectivity index (χ3v) is 4.84. The highest BCUT2D eigenvalue weighted by atomic mass is 79.9. The maximum Gasteiger partial charge on any atom is 0.280 e. The first-order chi connectivity index (χ1) is 11.7. The molecule has 0 bridgehead atoms. The highest BCUT2D eigenvalue weighted by Gasteiger charge is 2.23. The van der Waals surface area contributed by atoms with Crippen molar-refractivity contribution >= 4 is 15.9 Å². The van der Waals surface area contributed by atoms with Crippen molar-refractivity contribution in [2.75, 3.05) is 13.1 Å². The monoisotopic (exact) mass is 388 g/mol. The summed E-state index contributed by atoms with van der Waals surface area (Å²) in [6, 6.07) is 8.16. The summed E-state index contributed by atoms with van der Waals surface area (Å²) in [6.07, 6.45) is 2.11. The van der Waals surface area contributed by atoms with Gasteiger partial charge in [-0.2, -0.15) is 4.98 Å². The SMILES string of the molecule is Cc1c(-c2nc(-c3ccc(Br)cc3)no2)nnn1C1CCNCC1. The van der Waals surface area contributed by atoms with Crippen molar-refractivity contribution in [1.82, 2.24) is 30.5 Å². The zero-order chi connectivity index (χ0) is 16.5. The minimum atomic E-state index is 0.376. The molecule has 3 aromatic rings. The van der Waals surface area contributed by atoms with E-state index in [-0.39, 0.29) is 0 Å². The Kier molecular flexibility index (Phi) is 4.15. The molecule has 124 valence electrons. The summed E-state index contributed by atoms with van der Waals surface area (Å²) < 4.78 is 8.41. The Hall–Kier alpha value is -2.06. The molecule has 0 aliphatic carbocycles. The van der Waals surface area contributed by atoms with Crippen LogP contribution in [0.3, 0.4) is 0 Å². The van der Waals surface area contributed by atoms with Gasteiger partial charge in [0.2, 0.25) is 5.82 Å². The second-order valence-electron chi connectivity index (χ2n) is 5.88. The number of hydrogen-bond acceptors (Lipinski definition) is 6. The third kappa shape index (κ3) is 2.87. The fourth-order valence-electron chi connectivity index (χ4n) is 2.97. The second kappa shape index (κ2) is 6.45. The number of aromatic nitrogens is 5. The Morgan fingerprint density at radius 1 is 1.21 bits per heavy atom. The van der Waals surface area contributed by atoms with Gasteiger partial charge in [0, 0.05) is 10.0 Å². The first kappa shape index (κ1) is 15.5. The predicted molar refractivity (Wildman–Crippen MR) is 92.3 cm³/mol. The first-order valence-electron chi connectivity index (χ1n) is 7.95. The maximum absolute atomic E-state index is 5.42. The molecule has 7 nitrogen and oxygen atoms in total. The van der Waals surface area contributed by atoms with Gasteiger partial charge in [-0.25, -0.2) is 4.68 Å². The Balaban J connectivity index is 1.63. The van der Waals surface area contributed by atoms with Crippen LogP contribution in [0, 0.1) is 6.92 Å². The minimum absolute atomic E-state index is 0.376. The lowest BCUT2D eigenvalue weighted by molar-refractivity contribution is 0.333. The Morgan fingerprint density at radius 2 is 1.96 bits per heavy atom. The van der Waals surface area contributed by atoms with Crippen molar-refractivity contribution in [3.8, 4) is 23.0 Å². The summed E-state index contributed by atoms with van der Waals surface area (Å²) in [6.45, 7) is 4.02. The molecule has 0 atom stereocenters. The smallest absolute Gasteiger partial charge is 0.280 e. The number of hydrogen-bond donors (Lipinski definition) is 1. The molecule has 0 saturated carbocycles. The lowest BCUT2D eigenvalue weighted by Gasteiger charge is -2.23. The van der Waals surface area contributed by atoms with E-state index in [1.165, 1.54) is 0 Å². The molecule has 0 radical (unpaired) electrons. The van der Waals surface area contributed by atoms with Gasteiger partial charge in [-0.15, -0.1) is 5.10 Å². The summed E-state index contributed by atoms with van der Waals surface area (Å²) in [5.74, 6) is 0.957. The molecule has 0 unspecified atom stereocenters. The fourth-order valence-corrected chi connectivity index (χ4v) is 3.24. The van der Waals surface area contributed by atoms with Crippen LogP contribution in [0.4, 0.5) is 0 Å². The minimum Gasteiger partial charge on any atom is -0.332 e. The number of nitrogens with one attached hydrogen (secondary N) is 1. The van der Waals surface area contributed by atoms with Gasteiger partial charge in [0.15, 0.2) is 5.69 Å². The van der Waals surface area contributed by atoms with E-state index in [2.05, 4.69) is 41.7 Å². The van der Waals surface area contributed by atoms with E-state index in [4.69, 9.17) is 4.52 Å². The van der Waals surface area contributed by atoms with Crippen LogP contribution < -0.4 is 5.32 Å². The molecule has 8 heteroatoms. The summed E-state index contributed by atoms with van der Waals surface area (Å²) >= 11 is 3.42. The summed E-state index contributed by atoms with van der Waals surface area (Å²) in [5, 5.41) is 16.0. The molecule has 2 aromatic heterocycles. The second-order valence-corrected chi connectivity index (χ2v) is 6.79. The van der Waals surface area contributed by atoms with Gasteiger partial charge in [0.05, 0.1) is 11.7 Å². The van der Waals surface area contributed by atoms with Crippen LogP contribution in [-0.2, 0) is 0 Å². The van der Waals surface area contributed by atoms with Crippen LogP contribution >= 0.6 is 15.9 Å². The van der Waals surface area contributed by atoms with E-state index in [1.54, 1.807) is 0 Å². The molecule has 1 N–H and O–H groups in total. The van der Waals surface area contributed by atoms with Gasteiger partial charge in [0.25, 0.3) is 5.89 Å². The van der Waals surface area contributed by atoms with Crippen LogP contribution in [0.5, 0.6) is 0 Å². The molecule has 0 amide bonds. The molecular weight excluding hydrogens is 372 g/mol. The topological polar surface area (TPSA) is 81.7 Å². The van der Waals surface area contributed by atoms with Gasteiger partial charge in [-0.05, 0) is 57.1 Å². The molecule has 1 aromatic carbocycles. The summed E-state index contributed by atoms with van der Waals surface area (Å²) in [7, 11) is 0. The zero-order valence-corrected chi connectivity index (χ0v) is 14.8. The van der Waals surface area contributed by atoms with Gasteiger partial charge in [-0.3, -0.25) is 0 Å². The standard InChI is InChI=1S/C16H17BrN6O/c1-10-14(20-22-23(10)13-6-8-18-9-7-13)16-19-15(21-24-16)11-2-4-12(17)5-3-11/h2-5,13,18H,6-9H2,1H3. The molecular formula is C16H17BrN6O. The van der Waals surface area contributed by atoms with E-state index in [1.807, 2.05) is 35.9 Å². The molecule has 0 spiro atoms. The van der Waals surface area contributed by atoms with E-state index < -0.39 is 0 Å². The summed E-state index contributed by atoms with van der Waals surface area (Å²) in [5.41, 5.74) is 2.52. The Morgan fingerprint density at radius 3 is 2.71 bits per heavy atom. The Labute approximate surface area is 147 Å². The van der Waals surface area contributed by atoms with Crippen molar-refractivity contribution in [2.24, 2.45) is 0 Å². The average molecular weight is 389 g/mol. The predicted octanol–water partition coefficient (Wildman–Crippen LogP) is 2.99. The number of nitrogens with zero attached hydrogens (tertiary/aromatic N) is 5. The average Bonchev–Trinajstić information content (AvgIpc) is 3.23. The normalized spacial score (nSPS) is 15.8. The van der Waals surface area contributed by atoms with Crippen molar-refractivity contribution in [3.05, 3.63) is 34.4 Å². The lowest BCUT2D eigenvalue weighted by atomic mass is 10.1. The van der Waals surface area contributed by atoms with Crippen molar-refractivity contribution in [3.63, 3.8) is 0 Å². The number of piperidine rings is 1. The van der Waals surface area contributed by atoms with Crippen LogP contribution in [0.25, 0.3) is 23.0 Å². The zero-order valence-electron chi connectivity index (χ0n) is 13.2. The molecule has 1 aliphatic rings. The number of rotatable bonds is 3. The van der Waals surface area contributed by atoms with E-state index in [0.29, 0.717) is 23.5 Å². The maximum atomic E-state index is 5.42. The van der Waals surface area contributed by atoms with Crippen LogP contribution in [0.15, 0.2) is 33.3 Å². The van der Waals surface area contributed by atoms with E-state index in [0.717, 1.165) is 41.7 Å². The van der Waals surface area contributed by atoms with Gasteiger partial charge in [-0.1, -0.05) is 26.3 Å². The molecule has 1 saturated heterocycles. The summed E-state index contributed by atoms with van der Waals surface area (Å²) in [4.78, 5) is 4.48. The Bertz CT molecular complexity index is 835. The van der Waals surface area contributed by atoms with E-state index in [9.17, 15) is 0 Å². The molecule has 1 fully saturated rings. The quantitative estimate of drug-likeness (QED) is 0.742. The molecule has 1 aliphatic heterocycles. The molecule has 4 rings (SSSR count). The van der Waals surface area contributed by atoms with Gasteiger partial charge >= 0.3 is 0 Å². The van der Waals surface area contributed by atoms with Crippen molar-refractivity contribution in [2.45, 2.75) is 25.8 Å². The molecule has 3 heterocycles. The lowest BCUT2D eigenvalue weighted by Crippen LogP contribution is -2.30. The highest BCUT2D eigenvalue weighted by Crippen LogP contribution is 2.27. The van der Waals surface area contributed by atoms with Gasteiger partial charge in [0.1, 0.15) is 0 Å². The number of benzene rings is 1. The number of halogens is 1. The van der Waals surface area contributed by atoms with E-state index >= 15 is 0 Å². The van der Waals surface area contributed by atoms with Crippen molar-refractivity contribution < 1.29 is 4.52 Å². The van der Waals surface area contributed by atoms with Crippen molar-refractivity contribution in [1.29, 1.82) is 0 Å². The van der Waals surface area contributed by atoms with Gasteiger partial charge < -0.3 is 9.84 Å². The first-order valence-corrected chi connectivity index (χ1v) is 8.74. The highest BCUT2D eigenvalue weighted by molar-refractivity contribution is 9.10. The fraction of sp³-hybridized carbons (Fsp3) is 0.375. The third-order valence-electron chi connectivity index (χ3n) is 4.31. The van der Waals surface area contributed by atoms with Crippen LogP contribution in [0.1, 0.15) is 24.6 Å². The molecule has 24 heavy (non-hydrogen) atoms. The largest absolute Gasteiger partial charge is 0.332 e.